The Kier molecular flexibility index (Phi) is 3.84. The molecule has 2 rings (SSSR count). The summed E-state index contributed by atoms with van der Waals surface area (Å²) < 4.78 is 0. The summed E-state index contributed by atoms with van der Waals surface area (Å²) in [6.45, 7) is 6.30. The van der Waals surface area contributed by atoms with Crippen molar-refractivity contribution in [3.05, 3.63) is 41.2 Å². The molecule has 3 nitrogen and oxygen atoms in total. The van der Waals surface area contributed by atoms with Gasteiger partial charge in [-0.25, -0.2) is 0 Å². The van der Waals surface area contributed by atoms with Gasteiger partial charge in [0.2, 0.25) is 0 Å². The molecular formula is C16H19NO2. The predicted octanol–water partition coefficient (Wildman–Crippen LogP) is 3.55. The molecule has 0 aliphatic rings. The Labute approximate surface area is 113 Å². The first-order valence-corrected chi connectivity index (χ1v) is 6.66. The van der Waals surface area contributed by atoms with Crippen molar-refractivity contribution in [3.63, 3.8) is 0 Å². The maximum atomic E-state index is 11.0. The van der Waals surface area contributed by atoms with Crippen molar-refractivity contribution >= 4 is 16.7 Å². The van der Waals surface area contributed by atoms with Gasteiger partial charge in [-0.1, -0.05) is 39.0 Å². The van der Waals surface area contributed by atoms with Crippen LogP contribution in [0.2, 0.25) is 0 Å². The Balaban J connectivity index is 2.73. The topological polar surface area (TPSA) is 50.2 Å². The Bertz CT molecular complexity index is 617. The molecule has 0 aliphatic carbocycles. The van der Waals surface area contributed by atoms with Crippen LogP contribution in [0.4, 0.5) is 0 Å². The average Bonchev–Trinajstić information content (AvgIpc) is 2.37. The second kappa shape index (κ2) is 5.39. The van der Waals surface area contributed by atoms with E-state index in [1.54, 1.807) is 0 Å². The summed E-state index contributed by atoms with van der Waals surface area (Å²) in [6, 6.07) is 7.86. The number of aliphatic carboxylic acids is 1. The molecular weight excluding hydrogens is 238 g/mol. The van der Waals surface area contributed by atoms with Crippen LogP contribution in [0, 0.1) is 0 Å². The minimum absolute atomic E-state index is 0.0576. The highest BCUT2D eigenvalue weighted by Crippen LogP contribution is 2.27. The normalized spacial score (nSPS) is 11.2. The van der Waals surface area contributed by atoms with E-state index in [2.05, 4.69) is 20.8 Å². The number of carboxylic acids is 1. The smallest absolute Gasteiger partial charge is 0.307 e. The van der Waals surface area contributed by atoms with E-state index < -0.39 is 5.97 Å². The van der Waals surface area contributed by atoms with Gasteiger partial charge in [-0.3, -0.25) is 9.78 Å². The number of carboxylic acid groups (broad SMARTS) is 1. The van der Waals surface area contributed by atoms with Crippen molar-refractivity contribution in [2.45, 2.75) is 39.5 Å². The first kappa shape index (κ1) is 13.5. The van der Waals surface area contributed by atoms with Crippen LogP contribution in [0.5, 0.6) is 0 Å². The van der Waals surface area contributed by atoms with E-state index in [1.165, 1.54) is 0 Å². The number of hydrogen-bond acceptors (Lipinski definition) is 2. The molecule has 0 atom stereocenters. The third-order valence-corrected chi connectivity index (χ3v) is 3.30. The van der Waals surface area contributed by atoms with E-state index in [0.29, 0.717) is 5.92 Å². The van der Waals surface area contributed by atoms with E-state index in [0.717, 1.165) is 34.1 Å². The lowest BCUT2D eigenvalue weighted by atomic mass is 9.96. The Hall–Kier alpha value is -1.90. The second-order valence-corrected chi connectivity index (χ2v) is 5.09. The SMILES string of the molecule is CCc1cc2c(CC(=O)O)cccc2c(C(C)C)n1. The lowest BCUT2D eigenvalue weighted by Gasteiger charge is -2.13. The number of benzene rings is 1. The minimum Gasteiger partial charge on any atom is -0.481 e. The molecule has 0 spiro atoms. The molecule has 0 unspecified atom stereocenters. The molecule has 1 heterocycles. The summed E-state index contributed by atoms with van der Waals surface area (Å²) in [4.78, 5) is 15.7. The molecule has 3 heteroatoms. The van der Waals surface area contributed by atoms with Crippen LogP contribution in [-0.2, 0) is 17.6 Å². The number of fused-ring (bicyclic) bond motifs is 1. The van der Waals surface area contributed by atoms with Gasteiger partial charge in [-0.2, -0.15) is 0 Å². The average molecular weight is 257 g/mol. The maximum absolute atomic E-state index is 11.0. The molecule has 0 radical (unpaired) electrons. The minimum atomic E-state index is -0.798. The van der Waals surface area contributed by atoms with Crippen molar-refractivity contribution in [1.29, 1.82) is 0 Å². The zero-order valence-corrected chi connectivity index (χ0v) is 11.6. The highest BCUT2D eigenvalue weighted by Gasteiger charge is 2.12. The van der Waals surface area contributed by atoms with Crippen molar-refractivity contribution in [1.82, 2.24) is 4.98 Å². The van der Waals surface area contributed by atoms with Crippen LogP contribution in [-0.4, -0.2) is 16.1 Å². The van der Waals surface area contributed by atoms with Crippen molar-refractivity contribution in [2.75, 3.05) is 0 Å². The molecule has 1 aromatic heterocycles. The van der Waals surface area contributed by atoms with Crippen LogP contribution in [0.15, 0.2) is 24.3 Å². The largest absolute Gasteiger partial charge is 0.481 e. The van der Waals surface area contributed by atoms with Crippen molar-refractivity contribution in [2.24, 2.45) is 0 Å². The van der Waals surface area contributed by atoms with Gasteiger partial charge in [0.25, 0.3) is 0 Å². The molecule has 0 fully saturated rings. The molecule has 1 N–H and O–H groups in total. The third kappa shape index (κ3) is 2.75. The maximum Gasteiger partial charge on any atom is 0.307 e. The van der Waals surface area contributed by atoms with Gasteiger partial charge in [-0.05, 0) is 29.4 Å². The first-order chi connectivity index (χ1) is 9.02. The standard InChI is InChI=1S/C16H19NO2/c1-4-12-9-14-11(8-15(18)19)6-5-7-13(14)16(17-12)10(2)3/h5-7,9-10H,4,8H2,1-3H3,(H,18,19). The Morgan fingerprint density at radius 3 is 2.63 bits per heavy atom. The Morgan fingerprint density at radius 1 is 1.32 bits per heavy atom. The van der Waals surface area contributed by atoms with Gasteiger partial charge >= 0.3 is 5.97 Å². The molecule has 0 amide bonds. The van der Waals surface area contributed by atoms with E-state index in [-0.39, 0.29) is 6.42 Å². The molecule has 0 saturated carbocycles. The molecule has 0 bridgehead atoms. The quantitative estimate of drug-likeness (QED) is 0.911. The van der Waals surface area contributed by atoms with E-state index >= 15 is 0 Å². The summed E-state index contributed by atoms with van der Waals surface area (Å²) in [5.74, 6) is -0.470. The number of carbonyl (C=O) groups is 1. The lowest BCUT2D eigenvalue weighted by Crippen LogP contribution is -2.04. The van der Waals surface area contributed by atoms with E-state index in [1.807, 2.05) is 24.3 Å². The predicted molar refractivity (Wildman–Crippen MR) is 76.5 cm³/mol. The van der Waals surface area contributed by atoms with Crippen molar-refractivity contribution < 1.29 is 9.90 Å². The van der Waals surface area contributed by atoms with Gasteiger partial charge in [-0.15, -0.1) is 0 Å². The van der Waals surface area contributed by atoms with Gasteiger partial charge in [0.1, 0.15) is 0 Å². The molecule has 19 heavy (non-hydrogen) atoms. The highest BCUT2D eigenvalue weighted by molar-refractivity contribution is 5.90. The van der Waals surface area contributed by atoms with Gasteiger partial charge in [0.15, 0.2) is 0 Å². The monoisotopic (exact) mass is 257 g/mol. The fourth-order valence-corrected chi connectivity index (χ4v) is 2.36. The zero-order chi connectivity index (χ0) is 14.0. The molecule has 100 valence electrons. The summed E-state index contributed by atoms with van der Waals surface area (Å²) >= 11 is 0. The number of nitrogens with zero attached hydrogens (tertiary/aromatic N) is 1. The van der Waals surface area contributed by atoms with E-state index in [9.17, 15) is 4.79 Å². The summed E-state index contributed by atoms with van der Waals surface area (Å²) in [7, 11) is 0. The van der Waals surface area contributed by atoms with Crippen LogP contribution >= 0.6 is 0 Å². The highest BCUT2D eigenvalue weighted by atomic mass is 16.4. The number of pyridine rings is 1. The van der Waals surface area contributed by atoms with Crippen LogP contribution in [0.25, 0.3) is 10.8 Å². The van der Waals surface area contributed by atoms with E-state index in [4.69, 9.17) is 10.1 Å². The molecule has 0 aliphatic heterocycles. The van der Waals surface area contributed by atoms with Crippen LogP contribution < -0.4 is 0 Å². The fraction of sp³-hybridized carbons (Fsp3) is 0.375. The van der Waals surface area contributed by atoms with Crippen molar-refractivity contribution in [3.8, 4) is 0 Å². The number of hydrogen-bond donors (Lipinski definition) is 1. The van der Waals surface area contributed by atoms with Crippen LogP contribution in [0.1, 0.15) is 43.6 Å². The second-order valence-electron chi connectivity index (χ2n) is 5.09. The fourth-order valence-electron chi connectivity index (χ4n) is 2.36. The van der Waals surface area contributed by atoms with Gasteiger partial charge in [0.05, 0.1) is 12.1 Å². The summed E-state index contributed by atoms with van der Waals surface area (Å²) in [6.07, 6.45) is 0.916. The van der Waals surface area contributed by atoms with Gasteiger partial charge in [0, 0.05) is 11.1 Å². The lowest BCUT2D eigenvalue weighted by molar-refractivity contribution is -0.136. The third-order valence-electron chi connectivity index (χ3n) is 3.30. The number of rotatable bonds is 4. The van der Waals surface area contributed by atoms with Crippen LogP contribution in [0.3, 0.4) is 0 Å². The number of aryl methyl sites for hydroxylation is 1. The molecule has 1 aromatic carbocycles. The number of aromatic nitrogens is 1. The zero-order valence-electron chi connectivity index (χ0n) is 11.6. The summed E-state index contributed by atoms with van der Waals surface area (Å²) in [5.41, 5.74) is 2.94. The summed E-state index contributed by atoms with van der Waals surface area (Å²) in [5, 5.41) is 11.1. The molecule has 2 aromatic rings. The molecule has 0 saturated heterocycles. The Morgan fingerprint density at radius 2 is 2.05 bits per heavy atom. The van der Waals surface area contributed by atoms with Gasteiger partial charge < -0.3 is 5.11 Å². The first-order valence-electron chi connectivity index (χ1n) is 6.66.